The zero-order chi connectivity index (χ0) is 14.8. The van der Waals surface area contributed by atoms with Gasteiger partial charge in [-0.15, -0.1) is 0 Å². The smallest absolute Gasteiger partial charge is 0.269 e. The molecule has 104 valence electrons. The number of nitrogens with zero attached hydrogens (tertiary/aromatic N) is 1. The lowest BCUT2D eigenvalue weighted by Crippen LogP contribution is -2.34. The second-order valence-electron chi connectivity index (χ2n) is 5.49. The number of hydrogen-bond donors (Lipinski definition) is 1. The Morgan fingerprint density at radius 3 is 2.11 bits per heavy atom. The first-order valence-electron chi connectivity index (χ1n) is 6.14. The molecule has 0 fully saturated rings. The monoisotopic (exact) mass is 265 g/mol. The van der Waals surface area contributed by atoms with Crippen molar-refractivity contribution in [3.8, 4) is 0 Å². The fraction of sp³-hybridized carbons (Fsp3) is 0.500. The van der Waals surface area contributed by atoms with Crippen LogP contribution in [0.4, 0.5) is 5.69 Å². The SMILES string of the molecule is CC(C)C(=O)C(C)(C)C(O)c1ccc([N+](=O)[O-])cc1. The van der Waals surface area contributed by atoms with E-state index in [2.05, 4.69) is 0 Å². The Hall–Kier alpha value is -1.75. The van der Waals surface area contributed by atoms with E-state index >= 15 is 0 Å². The molecule has 1 unspecified atom stereocenters. The van der Waals surface area contributed by atoms with Crippen molar-refractivity contribution in [2.24, 2.45) is 11.3 Å². The Morgan fingerprint density at radius 2 is 1.74 bits per heavy atom. The molecule has 0 aliphatic rings. The maximum absolute atomic E-state index is 12.1. The Balaban J connectivity index is 3.02. The number of rotatable bonds is 5. The van der Waals surface area contributed by atoms with Crippen molar-refractivity contribution < 1.29 is 14.8 Å². The summed E-state index contributed by atoms with van der Waals surface area (Å²) in [4.78, 5) is 22.2. The van der Waals surface area contributed by atoms with Crippen LogP contribution in [-0.2, 0) is 4.79 Å². The van der Waals surface area contributed by atoms with Crippen molar-refractivity contribution in [2.45, 2.75) is 33.8 Å². The van der Waals surface area contributed by atoms with E-state index in [9.17, 15) is 20.0 Å². The molecule has 1 atom stereocenters. The molecule has 0 bridgehead atoms. The molecule has 0 aliphatic carbocycles. The van der Waals surface area contributed by atoms with Crippen LogP contribution in [0.15, 0.2) is 24.3 Å². The third-order valence-electron chi connectivity index (χ3n) is 3.26. The summed E-state index contributed by atoms with van der Waals surface area (Å²) in [6, 6.07) is 5.62. The largest absolute Gasteiger partial charge is 0.387 e. The van der Waals surface area contributed by atoms with E-state index in [1.165, 1.54) is 24.3 Å². The summed E-state index contributed by atoms with van der Waals surface area (Å²) in [5.41, 5.74) is -0.460. The Labute approximate surface area is 112 Å². The van der Waals surface area contributed by atoms with Crippen LogP contribution in [0.2, 0.25) is 0 Å². The molecule has 1 aromatic rings. The number of non-ortho nitro benzene ring substituents is 1. The molecule has 0 heterocycles. The van der Waals surface area contributed by atoms with Gasteiger partial charge >= 0.3 is 0 Å². The van der Waals surface area contributed by atoms with Crippen LogP contribution in [0.3, 0.4) is 0 Å². The number of carbonyl (C=O) groups excluding carboxylic acids is 1. The van der Waals surface area contributed by atoms with Gasteiger partial charge < -0.3 is 5.11 Å². The van der Waals surface area contributed by atoms with Crippen molar-refractivity contribution in [3.63, 3.8) is 0 Å². The molecule has 1 rings (SSSR count). The van der Waals surface area contributed by atoms with Gasteiger partial charge in [-0.3, -0.25) is 14.9 Å². The van der Waals surface area contributed by atoms with E-state index in [1.54, 1.807) is 27.7 Å². The number of aliphatic hydroxyl groups excluding tert-OH is 1. The number of aliphatic hydroxyl groups is 1. The second kappa shape index (κ2) is 5.48. The molecule has 0 saturated heterocycles. The third kappa shape index (κ3) is 3.17. The van der Waals surface area contributed by atoms with Crippen molar-refractivity contribution >= 4 is 11.5 Å². The summed E-state index contributed by atoms with van der Waals surface area (Å²) in [6.45, 7) is 6.93. The van der Waals surface area contributed by atoms with Gasteiger partial charge in [0, 0.05) is 18.1 Å². The molecule has 0 amide bonds. The number of nitro groups is 1. The molecule has 5 heteroatoms. The first-order valence-corrected chi connectivity index (χ1v) is 6.14. The van der Waals surface area contributed by atoms with Gasteiger partial charge in [0.25, 0.3) is 5.69 Å². The van der Waals surface area contributed by atoms with Crippen LogP contribution < -0.4 is 0 Å². The van der Waals surface area contributed by atoms with E-state index in [1.807, 2.05) is 0 Å². The lowest BCUT2D eigenvalue weighted by molar-refractivity contribution is -0.384. The quantitative estimate of drug-likeness (QED) is 0.655. The Morgan fingerprint density at radius 1 is 1.26 bits per heavy atom. The highest BCUT2D eigenvalue weighted by atomic mass is 16.6. The highest BCUT2D eigenvalue weighted by molar-refractivity contribution is 5.86. The summed E-state index contributed by atoms with van der Waals surface area (Å²) in [5.74, 6) is -0.221. The van der Waals surface area contributed by atoms with E-state index in [4.69, 9.17) is 0 Å². The van der Waals surface area contributed by atoms with Crippen LogP contribution in [0, 0.1) is 21.4 Å². The zero-order valence-corrected chi connectivity index (χ0v) is 11.6. The van der Waals surface area contributed by atoms with E-state index in [-0.39, 0.29) is 17.4 Å². The number of ketones is 1. The highest BCUT2D eigenvalue weighted by Gasteiger charge is 2.37. The highest BCUT2D eigenvalue weighted by Crippen LogP contribution is 2.36. The maximum atomic E-state index is 12.1. The van der Waals surface area contributed by atoms with Crippen molar-refractivity contribution in [2.75, 3.05) is 0 Å². The lowest BCUT2D eigenvalue weighted by Gasteiger charge is -2.30. The molecule has 0 spiro atoms. The molecule has 0 aliphatic heterocycles. The van der Waals surface area contributed by atoms with E-state index in [0.717, 1.165) is 0 Å². The topological polar surface area (TPSA) is 80.4 Å². The minimum absolute atomic E-state index is 0.0380. The van der Waals surface area contributed by atoms with Gasteiger partial charge in [-0.25, -0.2) is 0 Å². The molecule has 0 radical (unpaired) electrons. The maximum Gasteiger partial charge on any atom is 0.269 e. The average molecular weight is 265 g/mol. The van der Waals surface area contributed by atoms with Crippen LogP contribution in [-0.4, -0.2) is 15.8 Å². The number of Topliss-reactive ketones (excluding diaryl/α,β-unsaturated/α-hetero) is 1. The minimum atomic E-state index is -0.983. The predicted octanol–water partition coefficient (Wildman–Crippen LogP) is 2.88. The van der Waals surface area contributed by atoms with Crippen molar-refractivity contribution in [3.05, 3.63) is 39.9 Å². The predicted molar refractivity (Wildman–Crippen MR) is 71.7 cm³/mol. The minimum Gasteiger partial charge on any atom is -0.387 e. The molecular formula is C14H19NO4. The average Bonchev–Trinajstić information content (AvgIpc) is 2.36. The number of carbonyl (C=O) groups is 1. The van der Waals surface area contributed by atoms with Crippen LogP contribution in [0.5, 0.6) is 0 Å². The van der Waals surface area contributed by atoms with Crippen LogP contribution in [0.1, 0.15) is 39.4 Å². The standard InChI is InChI=1S/C14H19NO4/c1-9(2)12(16)14(3,4)13(17)10-5-7-11(8-6-10)15(18)19/h5-9,13,17H,1-4H3. The van der Waals surface area contributed by atoms with E-state index in [0.29, 0.717) is 5.56 Å². The van der Waals surface area contributed by atoms with Gasteiger partial charge in [0.15, 0.2) is 0 Å². The van der Waals surface area contributed by atoms with E-state index < -0.39 is 16.4 Å². The summed E-state index contributed by atoms with van der Waals surface area (Å²) in [6.07, 6.45) is -0.983. The van der Waals surface area contributed by atoms with Gasteiger partial charge in [-0.1, -0.05) is 27.7 Å². The molecule has 0 aromatic heterocycles. The second-order valence-corrected chi connectivity index (χ2v) is 5.49. The first kappa shape index (κ1) is 15.3. The van der Waals surface area contributed by atoms with Crippen LogP contribution >= 0.6 is 0 Å². The van der Waals surface area contributed by atoms with Gasteiger partial charge in [0.05, 0.1) is 16.4 Å². The van der Waals surface area contributed by atoms with Gasteiger partial charge in [0.2, 0.25) is 0 Å². The number of benzene rings is 1. The summed E-state index contributed by atoms with van der Waals surface area (Å²) >= 11 is 0. The summed E-state index contributed by atoms with van der Waals surface area (Å²) in [5, 5.41) is 20.9. The number of nitro benzene ring substituents is 1. The normalized spacial score (nSPS) is 13.4. The zero-order valence-electron chi connectivity index (χ0n) is 11.6. The molecule has 0 saturated carbocycles. The van der Waals surface area contributed by atoms with Crippen molar-refractivity contribution in [1.29, 1.82) is 0 Å². The third-order valence-corrected chi connectivity index (χ3v) is 3.26. The molecule has 19 heavy (non-hydrogen) atoms. The molecular weight excluding hydrogens is 246 g/mol. The lowest BCUT2D eigenvalue weighted by atomic mass is 9.75. The molecule has 1 N–H and O–H groups in total. The fourth-order valence-corrected chi connectivity index (χ4v) is 2.07. The molecule has 1 aromatic carbocycles. The number of hydrogen-bond acceptors (Lipinski definition) is 4. The van der Waals surface area contributed by atoms with Gasteiger partial charge in [-0.05, 0) is 17.7 Å². The van der Waals surface area contributed by atoms with Gasteiger partial charge in [0.1, 0.15) is 5.78 Å². The Bertz CT molecular complexity index is 477. The first-order chi connectivity index (χ1) is 8.67. The van der Waals surface area contributed by atoms with Crippen molar-refractivity contribution in [1.82, 2.24) is 0 Å². The summed E-state index contributed by atoms with van der Waals surface area (Å²) in [7, 11) is 0. The Kier molecular flexibility index (Phi) is 4.42. The van der Waals surface area contributed by atoms with Crippen LogP contribution in [0.25, 0.3) is 0 Å². The fourth-order valence-electron chi connectivity index (χ4n) is 2.07. The van der Waals surface area contributed by atoms with Gasteiger partial charge in [-0.2, -0.15) is 0 Å². The molecule has 5 nitrogen and oxygen atoms in total. The summed E-state index contributed by atoms with van der Waals surface area (Å²) < 4.78 is 0.